The average Bonchev–Trinajstić information content (AvgIpc) is 3.12. The molecule has 1 aromatic heterocycles. The number of esters is 1. The third-order valence-electron chi connectivity index (χ3n) is 3.46. The zero-order valence-corrected chi connectivity index (χ0v) is 15.4. The maximum absolute atomic E-state index is 12.3. The summed E-state index contributed by atoms with van der Waals surface area (Å²) in [6.07, 6.45) is 0. The summed E-state index contributed by atoms with van der Waals surface area (Å²) in [5.74, 6) is -1.49. The Hall–Kier alpha value is -2.18. The molecule has 0 aliphatic heterocycles. The van der Waals surface area contributed by atoms with Crippen molar-refractivity contribution >= 4 is 40.6 Å². The molecule has 132 valence electrons. The number of ether oxygens (including phenoxy) is 1. The maximum Gasteiger partial charge on any atom is 0.329 e. The van der Waals surface area contributed by atoms with Gasteiger partial charge >= 0.3 is 5.97 Å². The summed E-state index contributed by atoms with van der Waals surface area (Å²) in [5, 5.41) is 4.96. The van der Waals surface area contributed by atoms with Gasteiger partial charge in [-0.2, -0.15) is 0 Å². The zero-order valence-electron chi connectivity index (χ0n) is 13.8. The standard InChI is InChI=1S/C18H18ClNO4S/c1-11(2)16(20-17(22)15-4-3-9-25-15)18(23)24-10-14(21)12-5-7-13(19)8-6-12/h3-9,11,16H,10H2,1-2H3,(H,20,22)/t16-/m1/s1. The van der Waals surface area contributed by atoms with E-state index in [1.165, 1.54) is 11.3 Å². The van der Waals surface area contributed by atoms with Crippen LogP contribution < -0.4 is 5.32 Å². The lowest BCUT2D eigenvalue weighted by atomic mass is 10.0. The Morgan fingerprint density at radius 1 is 1.16 bits per heavy atom. The van der Waals surface area contributed by atoms with Crippen LogP contribution >= 0.6 is 22.9 Å². The number of halogens is 1. The number of thiophene rings is 1. The van der Waals surface area contributed by atoms with Crippen molar-refractivity contribution in [3.63, 3.8) is 0 Å². The quantitative estimate of drug-likeness (QED) is 0.589. The summed E-state index contributed by atoms with van der Waals surface area (Å²) >= 11 is 7.06. The van der Waals surface area contributed by atoms with E-state index in [2.05, 4.69) is 5.32 Å². The van der Waals surface area contributed by atoms with Crippen LogP contribution in [-0.2, 0) is 9.53 Å². The molecule has 1 heterocycles. The molecule has 1 amide bonds. The lowest BCUT2D eigenvalue weighted by Crippen LogP contribution is -2.45. The van der Waals surface area contributed by atoms with E-state index < -0.39 is 18.6 Å². The molecule has 0 radical (unpaired) electrons. The number of carbonyl (C=O) groups excluding carboxylic acids is 3. The molecule has 0 saturated carbocycles. The van der Waals surface area contributed by atoms with Gasteiger partial charge in [-0.05, 0) is 41.6 Å². The summed E-state index contributed by atoms with van der Waals surface area (Å²) in [6, 6.07) is 8.92. The lowest BCUT2D eigenvalue weighted by Gasteiger charge is -2.20. The SMILES string of the molecule is CC(C)[C@@H](NC(=O)c1cccs1)C(=O)OCC(=O)c1ccc(Cl)cc1. The molecule has 0 fully saturated rings. The van der Waals surface area contributed by atoms with Crippen LogP contribution in [0.15, 0.2) is 41.8 Å². The maximum atomic E-state index is 12.3. The molecular formula is C18H18ClNO4S. The molecule has 0 saturated heterocycles. The fourth-order valence-corrected chi connectivity index (χ4v) is 2.82. The number of amides is 1. The molecule has 0 aliphatic carbocycles. The normalized spacial score (nSPS) is 11.8. The van der Waals surface area contributed by atoms with Gasteiger partial charge in [-0.25, -0.2) is 4.79 Å². The highest BCUT2D eigenvalue weighted by Gasteiger charge is 2.27. The van der Waals surface area contributed by atoms with Crippen molar-refractivity contribution in [1.29, 1.82) is 0 Å². The Labute approximate surface area is 154 Å². The summed E-state index contributed by atoms with van der Waals surface area (Å²) in [4.78, 5) is 37.0. The van der Waals surface area contributed by atoms with Crippen LogP contribution in [0, 0.1) is 5.92 Å². The Morgan fingerprint density at radius 3 is 2.40 bits per heavy atom. The molecule has 1 aromatic carbocycles. The summed E-state index contributed by atoms with van der Waals surface area (Å²) < 4.78 is 5.10. The second-order valence-corrected chi connectivity index (χ2v) is 7.09. The number of rotatable bonds is 7. The van der Waals surface area contributed by atoms with Crippen LogP contribution in [0.2, 0.25) is 5.02 Å². The molecule has 7 heteroatoms. The van der Waals surface area contributed by atoms with E-state index in [0.29, 0.717) is 15.5 Å². The smallest absolute Gasteiger partial charge is 0.329 e. The summed E-state index contributed by atoms with van der Waals surface area (Å²) in [6.45, 7) is 3.20. The van der Waals surface area contributed by atoms with Gasteiger partial charge in [-0.3, -0.25) is 9.59 Å². The number of ketones is 1. The third kappa shape index (κ3) is 5.41. The van der Waals surface area contributed by atoms with Gasteiger partial charge in [-0.1, -0.05) is 31.5 Å². The molecule has 0 bridgehead atoms. The largest absolute Gasteiger partial charge is 0.456 e. The van der Waals surface area contributed by atoms with Crippen LogP contribution in [0.1, 0.15) is 33.9 Å². The Bertz CT molecular complexity index is 741. The predicted molar refractivity (Wildman–Crippen MR) is 97.2 cm³/mol. The number of nitrogens with one attached hydrogen (secondary N) is 1. The zero-order chi connectivity index (χ0) is 18.4. The topological polar surface area (TPSA) is 72.5 Å². The number of benzene rings is 1. The minimum atomic E-state index is -0.826. The van der Waals surface area contributed by atoms with E-state index in [4.69, 9.17) is 16.3 Å². The molecule has 0 spiro atoms. The van der Waals surface area contributed by atoms with Crippen LogP contribution in [-0.4, -0.2) is 30.3 Å². The van der Waals surface area contributed by atoms with E-state index in [1.54, 1.807) is 55.6 Å². The molecule has 0 aliphatic rings. The van der Waals surface area contributed by atoms with E-state index in [0.717, 1.165) is 0 Å². The third-order valence-corrected chi connectivity index (χ3v) is 4.58. The van der Waals surface area contributed by atoms with E-state index in [-0.39, 0.29) is 17.6 Å². The molecule has 25 heavy (non-hydrogen) atoms. The molecule has 2 aromatic rings. The number of carbonyl (C=O) groups is 3. The lowest BCUT2D eigenvalue weighted by molar-refractivity contribution is -0.145. The minimum Gasteiger partial charge on any atom is -0.456 e. The van der Waals surface area contributed by atoms with Crippen molar-refractivity contribution in [3.8, 4) is 0 Å². The summed E-state index contributed by atoms with van der Waals surface area (Å²) in [5.41, 5.74) is 0.404. The van der Waals surface area contributed by atoms with E-state index >= 15 is 0 Å². The highest BCUT2D eigenvalue weighted by molar-refractivity contribution is 7.12. The first-order valence-electron chi connectivity index (χ1n) is 7.68. The first-order valence-corrected chi connectivity index (χ1v) is 8.94. The number of hydrogen-bond acceptors (Lipinski definition) is 5. The Morgan fingerprint density at radius 2 is 1.84 bits per heavy atom. The number of Topliss-reactive ketones (excluding diaryl/α,β-unsaturated/α-hetero) is 1. The average molecular weight is 380 g/mol. The molecule has 2 rings (SSSR count). The van der Waals surface area contributed by atoms with Crippen LogP contribution in [0.3, 0.4) is 0 Å². The van der Waals surface area contributed by atoms with Crippen molar-refractivity contribution in [3.05, 3.63) is 57.2 Å². The monoisotopic (exact) mass is 379 g/mol. The minimum absolute atomic E-state index is 0.179. The van der Waals surface area contributed by atoms with Gasteiger partial charge in [0, 0.05) is 10.6 Å². The van der Waals surface area contributed by atoms with Gasteiger partial charge in [0.1, 0.15) is 6.04 Å². The molecule has 0 unspecified atom stereocenters. The van der Waals surface area contributed by atoms with Crippen LogP contribution in [0.5, 0.6) is 0 Å². The van der Waals surface area contributed by atoms with Gasteiger partial charge < -0.3 is 10.1 Å². The second kappa shape index (κ2) is 8.78. The highest BCUT2D eigenvalue weighted by Crippen LogP contribution is 2.12. The first-order chi connectivity index (χ1) is 11.9. The van der Waals surface area contributed by atoms with E-state index in [9.17, 15) is 14.4 Å². The molecule has 1 atom stereocenters. The van der Waals surface area contributed by atoms with E-state index in [1.807, 2.05) is 0 Å². The summed E-state index contributed by atoms with van der Waals surface area (Å²) in [7, 11) is 0. The van der Waals surface area contributed by atoms with Crippen molar-refractivity contribution in [1.82, 2.24) is 5.32 Å². The first kappa shape index (κ1) is 19.1. The van der Waals surface area contributed by atoms with Crippen molar-refractivity contribution in [2.45, 2.75) is 19.9 Å². The van der Waals surface area contributed by atoms with Crippen molar-refractivity contribution in [2.24, 2.45) is 5.92 Å². The second-order valence-electron chi connectivity index (χ2n) is 5.71. The molecular weight excluding hydrogens is 362 g/mol. The fraction of sp³-hybridized carbons (Fsp3) is 0.278. The predicted octanol–water partition coefficient (Wildman–Crippen LogP) is 3.58. The Balaban J connectivity index is 1.94. The highest BCUT2D eigenvalue weighted by atomic mass is 35.5. The van der Waals surface area contributed by atoms with Gasteiger partial charge in [0.2, 0.25) is 0 Å². The van der Waals surface area contributed by atoms with Gasteiger partial charge in [-0.15, -0.1) is 11.3 Å². The fourth-order valence-electron chi connectivity index (χ4n) is 2.06. The molecule has 5 nitrogen and oxygen atoms in total. The van der Waals surface area contributed by atoms with Gasteiger partial charge in [0.25, 0.3) is 5.91 Å². The van der Waals surface area contributed by atoms with Gasteiger partial charge in [0.15, 0.2) is 12.4 Å². The van der Waals surface area contributed by atoms with Crippen LogP contribution in [0.4, 0.5) is 0 Å². The van der Waals surface area contributed by atoms with Crippen molar-refractivity contribution < 1.29 is 19.1 Å². The molecule has 1 N–H and O–H groups in total. The van der Waals surface area contributed by atoms with Gasteiger partial charge in [0.05, 0.1) is 4.88 Å². The Kier molecular flexibility index (Phi) is 6.73. The number of hydrogen-bond donors (Lipinski definition) is 1. The van der Waals surface area contributed by atoms with Crippen LogP contribution in [0.25, 0.3) is 0 Å². The van der Waals surface area contributed by atoms with Crippen molar-refractivity contribution in [2.75, 3.05) is 6.61 Å².